The highest BCUT2D eigenvalue weighted by atomic mass is 16.4. The van der Waals surface area contributed by atoms with Crippen LogP contribution in [-0.2, 0) is 22.6 Å². The predicted octanol–water partition coefficient (Wildman–Crippen LogP) is 3.19. The van der Waals surface area contributed by atoms with E-state index < -0.39 is 5.97 Å². The number of likely N-dealkylation sites (N-methyl/N-ethyl adjacent to an activating group) is 1. The van der Waals surface area contributed by atoms with Crippen LogP contribution in [0.15, 0.2) is 54.6 Å². The van der Waals surface area contributed by atoms with E-state index >= 15 is 0 Å². The van der Waals surface area contributed by atoms with Crippen molar-refractivity contribution in [1.82, 2.24) is 4.90 Å². The molecule has 5 nitrogen and oxygen atoms in total. The minimum absolute atomic E-state index is 0.0916. The lowest BCUT2D eigenvalue weighted by Crippen LogP contribution is -2.36. The van der Waals surface area contributed by atoms with Gasteiger partial charge in [0.05, 0.1) is 12.3 Å². The average Bonchev–Trinajstić information content (AvgIpc) is 2.69. The Hall–Kier alpha value is -2.82. The number of amides is 1. The lowest BCUT2D eigenvalue weighted by atomic mass is 9.96. The Balaban J connectivity index is 1.59. The van der Waals surface area contributed by atoms with E-state index in [1.165, 1.54) is 0 Å². The van der Waals surface area contributed by atoms with Gasteiger partial charge in [-0.2, -0.15) is 0 Å². The summed E-state index contributed by atoms with van der Waals surface area (Å²) >= 11 is 0. The number of carboxylic acids is 1. The zero-order valence-corrected chi connectivity index (χ0v) is 15.7. The van der Waals surface area contributed by atoms with Crippen LogP contribution in [0.25, 0.3) is 0 Å². The second-order valence-electron chi connectivity index (χ2n) is 7.18. The monoisotopic (exact) mass is 366 g/mol. The van der Waals surface area contributed by atoms with Crippen molar-refractivity contribution >= 4 is 17.6 Å². The average molecular weight is 366 g/mol. The molecule has 0 saturated carbocycles. The number of hydrogen-bond donors (Lipinski definition) is 1. The van der Waals surface area contributed by atoms with Crippen molar-refractivity contribution < 1.29 is 14.7 Å². The highest BCUT2D eigenvalue weighted by molar-refractivity contribution is 5.78. The maximum Gasteiger partial charge on any atom is 0.306 e. The normalized spacial score (nSPS) is 14.8. The highest BCUT2D eigenvalue weighted by Crippen LogP contribution is 2.24. The minimum Gasteiger partial charge on any atom is -0.481 e. The van der Waals surface area contributed by atoms with Gasteiger partial charge in [-0.15, -0.1) is 0 Å². The van der Waals surface area contributed by atoms with Crippen LogP contribution in [0.1, 0.15) is 24.0 Å². The van der Waals surface area contributed by atoms with Gasteiger partial charge in [-0.05, 0) is 36.1 Å². The second-order valence-corrected chi connectivity index (χ2v) is 7.18. The number of piperidine rings is 1. The summed E-state index contributed by atoms with van der Waals surface area (Å²) in [5.41, 5.74) is 3.20. The molecule has 1 saturated heterocycles. The van der Waals surface area contributed by atoms with Gasteiger partial charge in [0.1, 0.15) is 0 Å². The predicted molar refractivity (Wildman–Crippen MR) is 106 cm³/mol. The third kappa shape index (κ3) is 5.09. The Morgan fingerprint density at radius 1 is 1.04 bits per heavy atom. The molecule has 0 unspecified atom stereocenters. The van der Waals surface area contributed by atoms with Crippen LogP contribution in [0.4, 0.5) is 5.69 Å². The number of carbonyl (C=O) groups is 2. The van der Waals surface area contributed by atoms with Crippen molar-refractivity contribution in [3.8, 4) is 0 Å². The van der Waals surface area contributed by atoms with E-state index in [1.807, 2.05) is 49.5 Å². The van der Waals surface area contributed by atoms with Crippen molar-refractivity contribution in [2.24, 2.45) is 5.92 Å². The first-order valence-corrected chi connectivity index (χ1v) is 9.37. The first-order valence-electron chi connectivity index (χ1n) is 9.37. The van der Waals surface area contributed by atoms with Gasteiger partial charge in [0.2, 0.25) is 5.91 Å². The van der Waals surface area contributed by atoms with Gasteiger partial charge in [-0.1, -0.05) is 42.5 Å². The quantitative estimate of drug-likeness (QED) is 0.853. The summed E-state index contributed by atoms with van der Waals surface area (Å²) < 4.78 is 0. The van der Waals surface area contributed by atoms with Gasteiger partial charge in [-0.25, -0.2) is 0 Å². The Morgan fingerprint density at radius 2 is 1.70 bits per heavy atom. The van der Waals surface area contributed by atoms with E-state index in [0.29, 0.717) is 25.8 Å². The largest absolute Gasteiger partial charge is 0.481 e. The fourth-order valence-corrected chi connectivity index (χ4v) is 3.50. The molecule has 1 N–H and O–H groups in total. The van der Waals surface area contributed by atoms with E-state index in [2.05, 4.69) is 17.0 Å². The summed E-state index contributed by atoms with van der Waals surface area (Å²) in [5.74, 6) is -0.831. The molecule has 0 spiro atoms. The summed E-state index contributed by atoms with van der Waals surface area (Å²) in [6.45, 7) is 2.07. The minimum atomic E-state index is -0.693. The Bertz CT molecular complexity index is 783. The molecule has 2 aromatic rings. The summed E-state index contributed by atoms with van der Waals surface area (Å²) in [4.78, 5) is 27.6. The SMILES string of the molecule is CN(Cc1cccc(N2CCC(C(=O)O)CC2)c1)C(=O)Cc1ccccc1. The molecule has 142 valence electrons. The Morgan fingerprint density at radius 3 is 2.37 bits per heavy atom. The molecule has 5 heteroatoms. The van der Waals surface area contributed by atoms with Crippen molar-refractivity contribution in [3.63, 3.8) is 0 Å². The first-order chi connectivity index (χ1) is 13.0. The van der Waals surface area contributed by atoms with Crippen LogP contribution >= 0.6 is 0 Å². The Kier molecular flexibility index (Phi) is 6.12. The number of anilines is 1. The van der Waals surface area contributed by atoms with Crippen molar-refractivity contribution in [2.75, 3.05) is 25.0 Å². The maximum atomic E-state index is 12.5. The standard InChI is InChI=1S/C22H26N2O3/c1-23(21(25)15-17-6-3-2-4-7-17)16-18-8-5-9-20(14-18)24-12-10-19(11-13-24)22(26)27/h2-9,14,19H,10-13,15-16H2,1H3,(H,26,27). The fraction of sp³-hybridized carbons (Fsp3) is 0.364. The van der Waals surface area contributed by atoms with Gasteiger partial charge >= 0.3 is 5.97 Å². The molecule has 1 heterocycles. The van der Waals surface area contributed by atoms with E-state index in [9.17, 15) is 9.59 Å². The van der Waals surface area contributed by atoms with E-state index in [0.717, 1.165) is 29.9 Å². The molecule has 27 heavy (non-hydrogen) atoms. The summed E-state index contributed by atoms with van der Waals surface area (Å²) in [5, 5.41) is 9.14. The molecule has 2 aromatic carbocycles. The van der Waals surface area contributed by atoms with Crippen molar-refractivity contribution in [2.45, 2.75) is 25.8 Å². The summed E-state index contributed by atoms with van der Waals surface area (Å²) in [6.07, 6.45) is 1.75. The van der Waals surface area contributed by atoms with Crippen LogP contribution in [0.2, 0.25) is 0 Å². The van der Waals surface area contributed by atoms with Crippen molar-refractivity contribution in [3.05, 3.63) is 65.7 Å². The van der Waals surface area contributed by atoms with E-state index in [-0.39, 0.29) is 11.8 Å². The zero-order valence-electron chi connectivity index (χ0n) is 15.7. The zero-order chi connectivity index (χ0) is 19.2. The molecule has 1 aliphatic rings. The van der Waals surface area contributed by atoms with Gasteiger partial charge in [0.25, 0.3) is 0 Å². The molecular weight excluding hydrogens is 340 g/mol. The lowest BCUT2D eigenvalue weighted by molar-refractivity contribution is -0.142. The topological polar surface area (TPSA) is 60.9 Å². The number of hydrogen-bond acceptors (Lipinski definition) is 3. The molecule has 0 atom stereocenters. The number of nitrogens with zero attached hydrogens (tertiary/aromatic N) is 2. The molecule has 0 aromatic heterocycles. The van der Waals surface area contributed by atoms with Crippen LogP contribution < -0.4 is 4.90 Å². The third-order valence-corrected chi connectivity index (χ3v) is 5.16. The molecule has 0 radical (unpaired) electrons. The van der Waals surface area contributed by atoms with Gasteiger partial charge in [0, 0.05) is 32.4 Å². The number of benzene rings is 2. The van der Waals surface area contributed by atoms with Crippen molar-refractivity contribution in [1.29, 1.82) is 0 Å². The summed E-state index contributed by atoms with van der Waals surface area (Å²) in [7, 11) is 1.83. The maximum absolute atomic E-state index is 12.5. The van der Waals surface area contributed by atoms with Gasteiger partial charge in [-0.3, -0.25) is 9.59 Å². The molecule has 0 aliphatic carbocycles. The molecular formula is C22H26N2O3. The lowest BCUT2D eigenvalue weighted by Gasteiger charge is -2.32. The number of aliphatic carboxylic acids is 1. The number of carbonyl (C=O) groups excluding carboxylic acids is 1. The van der Waals surface area contributed by atoms with Crippen LogP contribution in [-0.4, -0.2) is 42.0 Å². The van der Waals surface area contributed by atoms with E-state index in [1.54, 1.807) is 4.90 Å². The third-order valence-electron chi connectivity index (χ3n) is 5.16. The van der Waals surface area contributed by atoms with Crippen LogP contribution in [0.3, 0.4) is 0 Å². The molecule has 1 aliphatic heterocycles. The first kappa shape index (κ1) is 19.0. The van der Waals surface area contributed by atoms with E-state index in [4.69, 9.17) is 5.11 Å². The van der Waals surface area contributed by atoms with Gasteiger partial charge in [0.15, 0.2) is 0 Å². The highest BCUT2D eigenvalue weighted by Gasteiger charge is 2.24. The fourth-order valence-electron chi connectivity index (χ4n) is 3.50. The molecule has 0 bridgehead atoms. The van der Waals surface area contributed by atoms with Crippen LogP contribution in [0.5, 0.6) is 0 Å². The second kappa shape index (κ2) is 8.71. The number of rotatable bonds is 6. The Labute approximate surface area is 160 Å². The van der Waals surface area contributed by atoms with Gasteiger partial charge < -0.3 is 14.9 Å². The summed E-state index contributed by atoms with van der Waals surface area (Å²) in [6, 6.07) is 18.0. The van der Waals surface area contributed by atoms with Crippen LogP contribution in [0, 0.1) is 5.92 Å². The molecule has 1 amide bonds. The smallest absolute Gasteiger partial charge is 0.306 e. The molecule has 1 fully saturated rings. The molecule has 3 rings (SSSR count). The number of carboxylic acid groups (broad SMARTS) is 1.